The van der Waals surface area contributed by atoms with E-state index in [0.717, 1.165) is 29.5 Å². The Morgan fingerprint density at radius 1 is 0.860 bits per heavy atom. The molecular formula is C35H42N4O4. The first-order chi connectivity index (χ1) is 21.0. The van der Waals surface area contributed by atoms with Gasteiger partial charge in [-0.1, -0.05) is 91.0 Å². The summed E-state index contributed by atoms with van der Waals surface area (Å²) in [5.74, 6) is -0.917. The monoisotopic (exact) mass is 582 g/mol. The van der Waals surface area contributed by atoms with Crippen LogP contribution in [-0.2, 0) is 20.8 Å². The molecule has 0 aromatic heterocycles. The van der Waals surface area contributed by atoms with Crippen LogP contribution in [0.5, 0.6) is 0 Å². The van der Waals surface area contributed by atoms with Crippen LogP contribution >= 0.6 is 0 Å². The number of nitrogens with zero attached hydrogens (tertiary/aromatic N) is 1. The number of carbonyl (C=O) groups excluding carboxylic acids is 3. The third-order valence-electron chi connectivity index (χ3n) is 8.97. The third kappa shape index (κ3) is 7.14. The largest absolute Gasteiger partial charge is 0.396 e. The SMILES string of the molecule is CNC(Cc1ccccc1)C(=O)NC1C(=O)N2[C@@H](CC[C@@H]1CCO)CC[C@H]2C(=O)NC(c1ccccc1)c1ccccc1. The highest BCUT2D eigenvalue weighted by Gasteiger charge is 2.47. The Morgan fingerprint density at radius 2 is 1.44 bits per heavy atom. The van der Waals surface area contributed by atoms with Crippen LogP contribution in [0.4, 0.5) is 0 Å². The minimum absolute atomic E-state index is 0.0752. The van der Waals surface area contributed by atoms with Crippen molar-refractivity contribution in [1.29, 1.82) is 0 Å². The van der Waals surface area contributed by atoms with Gasteiger partial charge in [0.1, 0.15) is 12.1 Å². The predicted molar refractivity (Wildman–Crippen MR) is 166 cm³/mol. The van der Waals surface area contributed by atoms with Crippen LogP contribution in [-0.4, -0.2) is 65.5 Å². The van der Waals surface area contributed by atoms with Crippen molar-refractivity contribution in [3.05, 3.63) is 108 Å². The minimum Gasteiger partial charge on any atom is -0.396 e. The fourth-order valence-corrected chi connectivity index (χ4v) is 6.67. The van der Waals surface area contributed by atoms with Crippen LogP contribution in [0, 0.1) is 5.92 Å². The molecule has 43 heavy (non-hydrogen) atoms. The van der Waals surface area contributed by atoms with E-state index in [4.69, 9.17) is 0 Å². The van der Waals surface area contributed by atoms with Crippen molar-refractivity contribution in [2.24, 2.45) is 5.92 Å². The normalized spacial score (nSPS) is 22.5. The molecule has 0 bridgehead atoms. The maximum Gasteiger partial charge on any atom is 0.246 e. The third-order valence-corrected chi connectivity index (χ3v) is 8.97. The number of aliphatic hydroxyl groups is 1. The van der Waals surface area contributed by atoms with Crippen LogP contribution in [0.2, 0.25) is 0 Å². The molecule has 0 saturated carbocycles. The van der Waals surface area contributed by atoms with E-state index in [1.807, 2.05) is 91.0 Å². The number of nitrogens with one attached hydrogen (secondary N) is 3. The number of rotatable bonds is 11. The van der Waals surface area contributed by atoms with Gasteiger partial charge in [0.15, 0.2) is 0 Å². The summed E-state index contributed by atoms with van der Waals surface area (Å²) in [5.41, 5.74) is 2.94. The number of benzene rings is 3. The lowest BCUT2D eigenvalue weighted by molar-refractivity contribution is -0.144. The highest BCUT2D eigenvalue weighted by Crippen LogP contribution is 2.35. The van der Waals surface area contributed by atoms with E-state index in [-0.39, 0.29) is 42.3 Å². The zero-order valence-corrected chi connectivity index (χ0v) is 24.7. The number of amides is 3. The van der Waals surface area contributed by atoms with Crippen molar-refractivity contribution in [2.45, 2.75) is 68.7 Å². The zero-order chi connectivity index (χ0) is 30.2. The summed E-state index contributed by atoms with van der Waals surface area (Å²) in [6, 6.07) is 27.0. The molecule has 5 atom stereocenters. The zero-order valence-electron chi connectivity index (χ0n) is 24.7. The average Bonchev–Trinajstić information content (AvgIpc) is 3.43. The topological polar surface area (TPSA) is 111 Å². The van der Waals surface area contributed by atoms with Crippen molar-refractivity contribution in [1.82, 2.24) is 20.9 Å². The smallest absolute Gasteiger partial charge is 0.246 e. The second-order valence-electron chi connectivity index (χ2n) is 11.6. The van der Waals surface area contributed by atoms with Crippen LogP contribution in [0.3, 0.4) is 0 Å². The molecule has 2 fully saturated rings. The molecule has 2 aliphatic heterocycles. The highest BCUT2D eigenvalue weighted by molar-refractivity contribution is 5.94. The van der Waals surface area contributed by atoms with E-state index < -0.39 is 18.1 Å². The molecule has 2 heterocycles. The van der Waals surface area contributed by atoms with Crippen molar-refractivity contribution < 1.29 is 19.5 Å². The van der Waals surface area contributed by atoms with E-state index in [2.05, 4.69) is 16.0 Å². The molecule has 8 nitrogen and oxygen atoms in total. The van der Waals surface area contributed by atoms with E-state index in [9.17, 15) is 19.5 Å². The fourth-order valence-electron chi connectivity index (χ4n) is 6.67. The lowest BCUT2D eigenvalue weighted by Crippen LogP contribution is -2.58. The van der Waals surface area contributed by atoms with E-state index in [1.54, 1.807) is 11.9 Å². The van der Waals surface area contributed by atoms with Crippen molar-refractivity contribution in [3.63, 3.8) is 0 Å². The van der Waals surface area contributed by atoms with Gasteiger partial charge in [0.25, 0.3) is 0 Å². The highest BCUT2D eigenvalue weighted by atomic mass is 16.3. The quantitative estimate of drug-likeness (QED) is 0.277. The lowest BCUT2D eigenvalue weighted by Gasteiger charge is -2.33. The molecule has 8 heteroatoms. The predicted octanol–water partition coefficient (Wildman–Crippen LogP) is 3.36. The molecule has 3 aromatic carbocycles. The lowest BCUT2D eigenvalue weighted by atomic mass is 9.90. The minimum atomic E-state index is -0.816. The van der Waals surface area contributed by atoms with E-state index in [1.165, 1.54) is 0 Å². The van der Waals surface area contributed by atoms with Gasteiger partial charge in [0.05, 0.1) is 12.1 Å². The van der Waals surface area contributed by atoms with Crippen LogP contribution < -0.4 is 16.0 Å². The molecular weight excluding hydrogens is 540 g/mol. The van der Waals surface area contributed by atoms with Gasteiger partial charge in [-0.3, -0.25) is 14.4 Å². The first-order valence-electron chi connectivity index (χ1n) is 15.3. The molecule has 0 aliphatic carbocycles. The molecule has 2 aliphatic rings. The van der Waals surface area contributed by atoms with Crippen molar-refractivity contribution >= 4 is 17.7 Å². The van der Waals surface area contributed by atoms with E-state index >= 15 is 0 Å². The Morgan fingerprint density at radius 3 is 2.02 bits per heavy atom. The Hall–Kier alpha value is -4.01. The van der Waals surface area contributed by atoms with Gasteiger partial charge in [0, 0.05) is 12.6 Å². The van der Waals surface area contributed by atoms with Gasteiger partial charge < -0.3 is 26.0 Å². The van der Waals surface area contributed by atoms with Crippen LogP contribution in [0.15, 0.2) is 91.0 Å². The van der Waals surface area contributed by atoms with Crippen molar-refractivity contribution in [3.8, 4) is 0 Å². The number of aliphatic hydroxyl groups excluding tert-OH is 1. The Labute approximate surface area is 253 Å². The summed E-state index contributed by atoms with van der Waals surface area (Å²) < 4.78 is 0. The number of likely N-dealkylation sites (N-methyl/N-ethyl adjacent to an activating group) is 1. The molecule has 2 unspecified atom stereocenters. The van der Waals surface area contributed by atoms with Gasteiger partial charge in [-0.25, -0.2) is 0 Å². The molecule has 3 amide bonds. The maximum atomic E-state index is 14.3. The summed E-state index contributed by atoms with van der Waals surface area (Å²) in [4.78, 5) is 43.5. The first-order valence-corrected chi connectivity index (χ1v) is 15.3. The summed E-state index contributed by atoms with van der Waals surface area (Å²) in [7, 11) is 1.74. The molecule has 2 saturated heterocycles. The molecule has 5 rings (SSSR count). The summed E-state index contributed by atoms with van der Waals surface area (Å²) >= 11 is 0. The number of fused-ring (bicyclic) bond motifs is 1. The molecule has 3 aromatic rings. The van der Waals surface area contributed by atoms with Crippen LogP contribution in [0.25, 0.3) is 0 Å². The summed E-state index contributed by atoms with van der Waals surface area (Å²) in [5, 5.41) is 19.2. The van der Waals surface area contributed by atoms with Crippen molar-refractivity contribution in [2.75, 3.05) is 13.7 Å². The Bertz CT molecular complexity index is 1310. The average molecular weight is 583 g/mol. The fraction of sp³-hybridized carbons (Fsp3) is 0.400. The number of carbonyl (C=O) groups is 3. The standard InChI is InChI=1S/C35H42N4O4/c1-36-29(23-24-11-5-2-6-12-24)33(41)38-32-27(21-22-40)17-18-28-19-20-30(39(28)35(32)43)34(42)37-31(25-13-7-3-8-14-25)26-15-9-4-10-16-26/h2-16,27-32,36,40H,17-23H2,1H3,(H,37,42)(H,38,41)/t27-,28+,29?,30+,32?/m1/s1. The van der Waals surface area contributed by atoms with Gasteiger partial charge >= 0.3 is 0 Å². The first kappa shape index (κ1) is 30.4. The number of hydrogen-bond acceptors (Lipinski definition) is 5. The molecule has 226 valence electrons. The Kier molecular flexibility index (Phi) is 10.2. The second kappa shape index (κ2) is 14.4. The van der Waals surface area contributed by atoms with Gasteiger partial charge in [-0.2, -0.15) is 0 Å². The number of hydrogen-bond donors (Lipinski definition) is 4. The summed E-state index contributed by atoms with van der Waals surface area (Å²) in [6.45, 7) is -0.0752. The second-order valence-corrected chi connectivity index (χ2v) is 11.6. The van der Waals surface area contributed by atoms with E-state index in [0.29, 0.717) is 25.7 Å². The van der Waals surface area contributed by atoms with Gasteiger partial charge in [-0.15, -0.1) is 0 Å². The Balaban J connectivity index is 1.36. The molecule has 0 spiro atoms. The molecule has 0 radical (unpaired) electrons. The van der Waals surface area contributed by atoms with Gasteiger partial charge in [-0.05, 0) is 68.2 Å². The van der Waals surface area contributed by atoms with Gasteiger partial charge in [0.2, 0.25) is 17.7 Å². The maximum absolute atomic E-state index is 14.3. The molecule has 4 N–H and O–H groups in total. The van der Waals surface area contributed by atoms with Crippen LogP contribution in [0.1, 0.15) is 54.8 Å². The summed E-state index contributed by atoms with van der Waals surface area (Å²) in [6.07, 6.45) is 3.59.